The van der Waals surface area contributed by atoms with Crippen LogP contribution < -0.4 is 10.6 Å². The van der Waals surface area contributed by atoms with Gasteiger partial charge in [0.2, 0.25) is 5.91 Å². The van der Waals surface area contributed by atoms with Crippen LogP contribution in [0, 0.1) is 5.92 Å². The lowest BCUT2D eigenvalue weighted by Crippen LogP contribution is -2.39. The van der Waals surface area contributed by atoms with Gasteiger partial charge >= 0.3 is 5.97 Å². The van der Waals surface area contributed by atoms with Crippen LogP contribution in [-0.2, 0) is 20.7 Å². The standard InChI is InChI=1S/C16H23N3O3S.ClH/c1-2-22-14(20)8-11-9-23-16(17-11)19-15(21)13-7-10-5-3-4-6-12(10)18-13;/h9-10,12-13,18H,2-8H2,1H3,(H,17,19,21);1H. The second-order valence-corrected chi connectivity index (χ2v) is 7.08. The Labute approximate surface area is 152 Å². The molecule has 1 saturated carbocycles. The summed E-state index contributed by atoms with van der Waals surface area (Å²) in [6.45, 7) is 2.14. The van der Waals surface area contributed by atoms with Crippen LogP contribution >= 0.6 is 23.7 Å². The van der Waals surface area contributed by atoms with Crippen molar-refractivity contribution in [2.45, 2.75) is 57.5 Å². The van der Waals surface area contributed by atoms with E-state index in [1.165, 1.54) is 37.0 Å². The van der Waals surface area contributed by atoms with E-state index >= 15 is 0 Å². The minimum Gasteiger partial charge on any atom is -0.466 e. The molecular formula is C16H24ClN3O3S. The van der Waals surface area contributed by atoms with E-state index in [-0.39, 0.29) is 36.7 Å². The Morgan fingerprint density at radius 2 is 2.21 bits per heavy atom. The van der Waals surface area contributed by atoms with Crippen molar-refractivity contribution < 1.29 is 14.3 Å². The number of amides is 1. The van der Waals surface area contributed by atoms with E-state index in [0.29, 0.717) is 29.4 Å². The fraction of sp³-hybridized carbons (Fsp3) is 0.688. The number of esters is 1. The monoisotopic (exact) mass is 373 g/mol. The average Bonchev–Trinajstić information content (AvgIpc) is 3.14. The largest absolute Gasteiger partial charge is 0.466 e. The van der Waals surface area contributed by atoms with Crippen molar-refractivity contribution in [2.75, 3.05) is 11.9 Å². The van der Waals surface area contributed by atoms with Gasteiger partial charge in [-0.15, -0.1) is 23.7 Å². The van der Waals surface area contributed by atoms with Gasteiger partial charge in [-0.1, -0.05) is 12.8 Å². The van der Waals surface area contributed by atoms with Gasteiger partial charge < -0.3 is 15.4 Å². The molecule has 24 heavy (non-hydrogen) atoms. The van der Waals surface area contributed by atoms with Gasteiger partial charge in [-0.3, -0.25) is 9.59 Å². The number of thiazole rings is 1. The number of aromatic nitrogens is 1. The summed E-state index contributed by atoms with van der Waals surface area (Å²) in [7, 11) is 0. The summed E-state index contributed by atoms with van der Waals surface area (Å²) in [6.07, 6.45) is 5.99. The Balaban J connectivity index is 0.00000208. The maximum Gasteiger partial charge on any atom is 0.311 e. The van der Waals surface area contributed by atoms with Crippen LogP contribution in [0.15, 0.2) is 5.38 Å². The quantitative estimate of drug-likeness (QED) is 0.775. The molecule has 0 bridgehead atoms. The van der Waals surface area contributed by atoms with E-state index < -0.39 is 0 Å². The third kappa shape index (κ3) is 4.68. The highest BCUT2D eigenvalue weighted by Gasteiger charge is 2.38. The highest BCUT2D eigenvalue weighted by atomic mass is 35.5. The molecule has 2 N–H and O–H groups in total. The van der Waals surface area contributed by atoms with Gasteiger partial charge in [0.1, 0.15) is 0 Å². The summed E-state index contributed by atoms with van der Waals surface area (Å²) in [5, 5.41) is 8.67. The number of fused-ring (bicyclic) bond motifs is 1. The fourth-order valence-electron chi connectivity index (χ4n) is 3.52. The summed E-state index contributed by atoms with van der Waals surface area (Å²) < 4.78 is 4.90. The topological polar surface area (TPSA) is 80.3 Å². The van der Waals surface area contributed by atoms with Crippen molar-refractivity contribution in [3.63, 3.8) is 0 Å². The Morgan fingerprint density at radius 1 is 1.42 bits per heavy atom. The number of halogens is 1. The molecule has 3 rings (SSSR count). The third-order valence-electron chi connectivity index (χ3n) is 4.59. The zero-order chi connectivity index (χ0) is 16.2. The first-order chi connectivity index (χ1) is 11.2. The molecule has 2 fully saturated rings. The molecule has 2 aliphatic rings. The molecular weight excluding hydrogens is 350 g/mol. The summed E-state index contributed by atoms with van der Waals surface area (Å²) in [6, 6.07) is 0.371. The van der Waals surface area contributed by atoms with Crippen molar-refractivity contribution in [3.8, 4) is 0 Å². The van der Waals surface area contributed by atoms with E-state index in [1.54, 1.807) is 12.3 Å². The Hall–Kier alpha value is -1.18. The Kier molecular flexibility index (Phi) is 7.01. The molecule has 0 radical (unpaired) electrons. The molecule has 0 spiro atoms. The average molecular weight is 374 g/mol. The van der Waals surface area contributed by atoms with E-state index in [0.717, 1.165) is 6.42 Å². The lowest BCUT2D eigenvalue weighted by Gasteiger charge is -2.24. The van der Waals surface area contributed by atoms with Crippen LogP contribution in [0.4, 0.5) is 5.13 Å². The molecule has 3 unspecified atom stereocenters. The summed E-state index contributed by atoms with van der Waals surface area (Å²) in [5.41, 5.74) is 0.636. The first-order valence-electron chi connectivity index (χ1n) is 8.32. The number of anilines is 1. The van der Waals surface area contributed by atoms with Gasteiger partial charge in [0.15, 0.2) is 5.13 Å². The van der Waals surface area contributed by atoms with Crippen molar-refractivity contribution in [1.29, 1.82) is 0 Å². The van der Waals surface area contributed by atoms with Crippen LogP contribution in [0.5, 0.6) is 0 Å². The first kappa shape index (κ1) is 19.1. The number of carbonyl (C=O) groups is 2. The molecule has 1 aromatic heterocycles. The SMILES string of the molecule is CCOC(=O)Cc1csc(NC(=O)C2CC3CCCCC3N2)n1.Cl. The zero-order valence-electron chi connectivity index (χ0n) is 13.7. The van der Waals surface area contributed by atoms with E-state index in [2.05, 4.69) is 15.6 Å². The lowest BCUT2D eigenvalue weighted by atomic mass is 9.85. The van der Waals surface area contributed by atoms with Gasteiger partial charge in [0.05, 0.1) is 24.8 Å². The Morgan fingerprint density at radius 3 is 2.96 bits per heavy atom. The fourth-order valence-corrected chi connectivity index (χ4v) is 4.23. The molecule has 3 atom stereocenters. The molecule has 2 heterocycles. The molecule has 0 aromatic carbocycles. The number of ether oxygens (including phenoxy) is 1. The number of hydrogen-bond acceptors (Lipinski definition) is 6. The van der Waals surface area contributed by atoms with Crippen LogP contribution in [0.3, 0.4) is 0 Å². The molecule has 1 aliphatic heterocycles. The minimum atomic E-state index is -0.294. The molecule has 134 valence electrons. The van der Waals surface area contributed by atoms with Crippen LogP contribution in [0.1, 0.15) is 44.7 Å². The highest BCUT2D eigenvalue weighted by molar-refractivity contribution is 7.13. The molecule has 1 aromatic rings. The summed E-state index contributed by atoms with van der Waals surface area (Å²) in [4.78, 5) is 28.1. The minimum absolute atomic E-state index is 0. The number of nitrogens with one attached hydrogen (secondary N) is 2. The van der Waals surface area contributed by atoms with E-state index in [9.17, 15) is 9.59 Å². The zero-order valence-corrected chi connectivity index (χ0v) is 15.4. The number of hydrogen-bond donors (Lipinski definition) is 2. The van der Waals surface area contributed by atoms with Crippen molar-refractivity contribution in [1.82, 2.24) is 10.3 Å². The third-order valence-corrected chi connectivity index (χ3v) is 5.40. The number of rotatable bonds is 5. The lowest BCUT2D eigenvalue weighted by molar-refractivity contribution is -0.142. The van der Waals surface area contributed by atoms with Gasteiger partial charge in [-0.05, 0) is 32.1 Å². The van der Waals surface area contributed by atoms with Crippen molar-refractivity contribution in [2.24, 2.45) is 5.92 Å². The van der Waals surface area contributed by atoms with Crippen LogP contribution in [-0.4, -0.2) is 35.6 Å². The highest BCUT2D eigenvalue weighted by Crippen LogP contribution is 2.33. The normalized spacial score (nSPS) is 25.5. The second-order valence-electron chi connectivity index (χ2n) is 6.22. The van der Waals surface area contributed by atoms with Crippen molar-refractivity contribution >= 4 is 40.8 Å². The van der Waals surface area contributed by atoms with E-state index in [4.69, 9.17) is 4.74 Å². The van der Waals surface area contributed by atoms with Gasteiger partial charge in [-0.25, -0.2) is 4.98 Å². The number of nitrogens with zero attached hydrogens (tertiary/aromatic N) is 1. The van der Waals surface area contributed by atoms with Crippen molar-refractivity contribution in [3.05, 3.63) is 11.1 Å². The van der Waals surface area contributed by atoms with Gasteiger partial charge in [0, 0.05) is 11.4 Å². The maximum atomic E-state index is 12.4. The van der Waals surface area contributed by atoms with Crippen LogP contribution in [0.25, 0.3) is 0 Å². The van der Waals surface area contributed by atoms with Gasteiger partial charge in [-0.2, -0.15) is 0 Å². The Bertz CT molecular complexity index is 567. The number of carbonyl (C=O) groups excluding carboxylic acids is 2. The first-order valence-corrected chi connectivity index (χ1v) is 9.20. The van der Waals surface area contributed by atoms with Gasteiger partial charge in [0.25, 0.3) is 0 Å². The molecule has 1 amide bonds. The molecule has 8 heteroatoms. The van der Waals surface area contributed by atoms with Crippen LogP contribution in [0.2, 0.25) is 0 Å². The molecule has 1 saturated heterocycles. The summed E-state index contributed by atoms with van der Waals surface area (Å²) >= 11 is 1.34. The summed E-state index contributed by atoms with van der Waals surface area (Å²) in [5.74, 6) is 0.323. The second kappa shape index (κ2) is 8.78. The smallest absolute Gasteiger partial charge is 0.311 e. The molecule has 1 aliphatic carbocycles. The predicted molar refractivity (Wildman–Crippen MR) is 95.6 cm³/mol. The molecule has 6 nitrogen and oxygen atoms in total. The predicted octanol–water partition coefficient (Wildman–Crippen LogP) is 2.53. The van der Waals surface area contributed by atoms with E-state index in [1.807, 2.05) is 0 Å². The maximum absolute atomic E-state index is 12.4.